The molecule has 1 aliphatic heterocycles. The maximum Gasteiger partial charge on any atom is 0.255 e. The minimum absolute atomic E-state index is 0.0586. The average Bonchev–Trinajstić information content (AvgIpc) is 3.36. The summed E-state index contributed by atoms with van der Waals surface area (Å²) >= 11 is 0. The van der Waals surface area contributed by atoms with Crippen LogP contribution in [0.15, 0.2) is 67.1 Å². The van der Waals surface area contributed by atoms with E-state index in [1.807, 2.05) is 24.3 Å². The van der Waals surface area contributed by atoms with Crippen molar-refractivity contribution >= 4 is 17.5 Å². The van der Waals surface area contributed by atoms with Crippen LogP contribution in [0.3, 0.4) is 0 Å². The number of nitrogens with one attached hydrogen (secondary N) is 2. The molecule has 0 spiro atoms. The van der Waals surface area contributed by atoms with Crippen molar-refractivity contribution in [3.05, 3.63) is 89.5 Å². The van der Waals surface area contributed by atoms with Gasteiger partial charge in [-0.25, -0.2) is 0 Å². The minimum atomic E-state index is -0.202. The van der Waals surface area contributed by atoms with Gasteiger partial charge in [0.2, 0.25) is 0 Å². The Kier molecular flexibility index (Phi) is 7.76. The van der Waals surface area contributed by atoms with E-state index in [0.29, 0.717) is 29.8 Å². The molecule has 0 radical (unpaired) electrons. The quantitative estimate of drug-likeness (QED) is 0.494. The Balaban J connectivity index is 1.32. The zero-order chi connectivity index (χ0) is 22.9. The Hall–Kier alpha value is -3.58. The zero-order valence-corrected chi connectivity index (χ0v) is 18.7. The van der Waals surface area contributed by atoms with Crippen molar-refractivity contribution in [2.45, 2.75) is 25.7 Å². The van der Waals surface area contributed by atoms with Crippen LogP contribution in [0.25, 0.3) is 0 Å². The van der Waals surface area contributed by atoms with Crippen LogP contribution < -0.4 is 10.6 Å². The molecule has 0 aliphatic carbocycles. The fourth-order valence-corrected chi connectivity index (χ4v) is 4.00. The lowest BCUT2D eigenvalue weighted by atomic mass is 10.0. The summed E-state index contributed by atoms with van der Waals surface area (Å²) in [6.07, 6.45) is 8.96. The second-order valence-corrected chi connectivity index (χ2v) is 8.26. The molecule has 7 heteroatoms. The number of aromatic nitrogens is 2. The van der Waals surface area contributed by atoms with Crippen molar-refractivity contribution in [1.82, 2.24) is 20.2 Å². The van der Waals surface area contributed by atoms with Crippen LogP contribution in [0, 0.1) is 0 Å². The first-order valence-electron chi connectivity index (χ1n) is 11.4. The lowest BCUT2D eigenvalue weighted by molar-refractivity contribution is 0.0951. The molecule has 3 aromatic rings. The van der Waals surface area contributed by atoms with Crippen LogP contribution in [0.2, 0.25) is 0 Å². The molecule has 1 fully saturated rings. The number of likely N-dealkylation sites (tertiary alicyclic amines) is 1. The van der Waals surface area contributed by atoms with Crippen LogP contribution in [0.5, 0.6) is 0 Å². The number of carbonyl (C=O) groups excluding carboxylic acids is 2. The lowest BCUT2D eigenvalue weighted by Crippen LogP contribution is -2.28. The van der Waals surface area contributed by atoms with Gasteiger partial charge in [-0.1, -0.05) is 12.1 Å². The molecule has 0 unspecified atom stereocenters. The summed E-state index contributed by atoms with van der Waals surface area (Å²) < 4.78 is 0. The average molecular weight is 444 g/mol. The molecule has 0 atom stereocenters. The summed E-state index contributed by atoms with van der Waals surface area (Å²) in [5, 5.41) is 5.88. The maximum absolute atomic E-state index is 12.6. The third-order valence-corrected chi connectivity index (χ3v) is 5.73. The first kappa shape index (κ1) is 22.6. The van der Waals surface area contributed by atoms with E-state index in [1.165, 1.54) is 25.9 Å². The topological polar surface area (TPSA) is 87.2 Å². The number of nitrogens with zero attached hydrogens (tertiary/aromatic N) is 3. The normalized spacial score (nSPS) is 13.6. The summed E-state index contributed by atoms with van der Waals surface area (Å²) in [6.45, 7) is 4.07. The first-order chi connectivity index (χ1) is 16.2. The molecule has 1 saturated heterocycles. The molecule has 0 saturated carbocycles. The van der Waals surface area contributed by atoms with E-state index in [4.69, 9.17) is 0 Å². The summed E-state index contributed by atoms with van der Waals surface area (Å²) in [5.74, 6) is -0.261. The fraction of sp³-hybridized carbons (Fsp3) is 0.308. The van der Waals surface area contributed by atoms with Gasteiger partial charge >= 0.3 is 0 Å². The highest BCUT2D eigenvalue weighted by Gasteiger charge is 2.12. The van der Waals surface area contributed by atoms with Crippen LogP contribution in [-0.2, 0) is 6.42 Å². The van der Waals surface area contributed by atoms with Crippen molar-refractivity contribution < 1.29 is 9.59 Å². The van der Waals surface area contributed by atoms with Gasteiger partial charge in [0.25, 0.3) is 11.8 Å². The molecule has 1 aromatic carbocycles. The predicted molar refractivity (Wildman–Crippen MR) is 128 cm³/mol. The van der Waals surface area contributed by atoms with Crippen LogP contribution >= 0.6 is 0 Å². The van der Waals surface area contributed by atoms with Gasteiger partial charge in [-0.3, -0.25) is 19.6 Å². The highest BCUT2D eigenvalue weighted by atomic mass is 16.2. The number of rotatable bonds is 9. The molecule has 170 valence electrons. The van der Waals surface area contributed by atoms with Crippen LogP contribution in [-0.4, -0.2) is 52.9 Å². The van der Waals surface area contributed by atoms with Gasteiger partial charge in [-0.15, -0.1) is 0 Å². The minimum Gasteiger partial charge on any atom is -0.352 e. The van der Waals surface area contributed by atoms with Crippen molar-refractivity contribution in [1.29, 1.82) is 0 Å². The summed E-state index contributed by atoms with van der Waals surface area (Å²) in [5.41, 5.74) is 3.59. The predicted octanol–water partition coefficient (Wildman–Crippen LogP) is 3.54. The summed E-state index contributed by atoms with van der Waals surface area (Å²) in [4.78, 5) is 35.9. The lowest BCUT2D eigenvalue weighted by Gasteiger charge is -2.14. The number of carbonyl (C=O) groups is 2. The van der Waals surface area contributed by atoms with Gasteiger partial charge in [0, 0.05) is 54.1 Å². The maximum atomic E-state index is 12.6. The Morgan fingerprint density at radius 2 is 1.70 bits per heavy atom. The third kappa shape index (κ3) is 6.70. The molecule has 2 amide bonds. The van der Waals surface area contributed by atoms with E-state index in [2.05, 4.69) is 25.5 Å². The molecule has 4 rings (SSSR count). The number of pyridine rings is 2. The molecule has 2 aromatic heterocycles. The van der Waals surface area contributed by atoms with Crippen molar-refractivity contribution in [2.75, 3.05) is 31.5 Å². The van der Waals surface area contributed by atoms with E-state index < -0.39 is 0 Å². The third-order valence-electron chi connectivity index (χ3n) is 5.73. The van der Waals surface area contributed by atoms with Gasteiger partial charge in [0.15, 0.2) is 0 Å². The molecule has 7 nitrogen and oxygen atoms in total. The molecule has 33 heavy (non-hydrogen) atoms. The Morgan fingerprint density at radius 3 is 2.52 bits per heavy atom. The van der Waals surface area contributed by atoms with Gasteiger partial charge in [0.05, 0.1) is 0 Å². The molecular weight excluding hydrogens is 414 g/mol. The van der Waals surface area contributed by atoms with Crippen molar-refractivity contribution in [3.8, 4) is 0 Å². The largest absolute Gasteiger partial charge is 0.352 e. The first-order valence-corrected chi connectivity index (χ1v) is 11.4. The van der Waals surface area contributed by atoms with Crippen LogP contribution in [0.4, 0.5) is 5.69 Å². The molecule has 2 N–H and O–H groups in total. The van der Waals surface area contributed by atoms with Gasteiger partial charge in [0.1, 0.15) is 0 Å². The van der Waals surface area contributed by atoms with Crippen molar-refractivity contribution in [2.24, 2.45) is 0 Å². The van der Waals surface area contributed by atoms with E-state index in [0.717, 1.165) is 24.2 Å². The second-order valence-electron chi connectivity index (χ2n) is 8.26. The highest BCUT2D eigenvalue weighted by molar-refractivity contribution is 6.04. The zero-order valence-electron chi connectivity index (χ0n) is 18.7. The smallest absolute Gasteiger partial charge is 0.255 e. The van der Waals surface area contributed by atoms with E-state index in [-0.39, 0.29) is 11.8 Å². The van der Waals surface area contributed by atoms with Crippen LogP contribution in [0.1, 0.15) is 51.2 Å². The molecular formula is C26H29N5O2. The Morgan fingerprint density at radius 1 is 0.909 bits per heavy atom. The number of hydrogen-bond donors (Lipinski definition) is 2. The SMILES string of the molecule is O=C(NCCCN1CCCC1)c1cccc(Cc2cc(C(=O)Nc3ccncc3)ccn2)c1. The molecule has 0 bridgehead atoms. The number of hydrogen-bond acceptors (Lipinski definition) is 5. The Bertz CT molecular complexity index is 1080. The van der Waals surface area contributed by atoms with E-state index >= 15 is 0 Å². The standard InChI is InChI=1S/C26H29N5O2/c32-25(29-10-4-16-31-14-1-2-15-31)21-6-3-5-20(17-21)18-24-19-22(7-13-28-24)26(33)30-23-8-11-27-12-9-23/h3,5-9,11-13,17,19H,1-2,4,10,14-16,18H2,(H,29,32)(H,27,30,33). The highest BCUT2D eigenvalue weighted by Crippen LogP contribution is 2.13. The molecule has 3 heterocycles. The number of amides is 2. The van der Waals surface area contributed by atoms with E-state index in [9.17, 15) is 9.59 Å². The number of benzene rings is 1. The van der Waals surface area contributed by atoms with Gasteiger partial charge in [-0.2, -0.15) is 0 Å². The molecule has 1 aliphatic rings. The van der Waals surface area contributed by atoms with E-state index in [1.54, 1.807) is 42.9 Å². The second kappa shape index (κ2) is 11.3. The van der Waals surface area contributed by atoms with Crippen molar-refractivity contribution in [3.63, 3.8) is 0 Å². The van der Waals surface area contributed by atoms with Gasteiger partial charge in [-0.05, 0) is 80.9 Å². The fourth-order valence-electron chi connectivity index (χ4n) is 4.00. The van der Waals surface area contributed by atoms with Gasteiger partial charge < -0.3 is 15.5 Å². The monoisotopic (exact) mass is 443 g/mol. The number of anilines is 1. The Labute approximate surface area is 194 Å². The summed E-state index contributed by atoms with van der Waals surface area (Å²) in [7, 11) is 0. The summed E-state index contributed by atoms with van der Waals surface area (Å²) in [6, 6.07) is 14.5.